The number of nitrogens with one attached hydrogen (secondary N) is 1. The average molecular weight is 230 g/mol. The monoisotopic (exact) mass is 229 g/mol. The van der Waals surface area contributed by atoms with Crippen molar-refractivity contribution in [1.29, 1.82) is 0 Å². The van der Waals surface area contributed by atoms with E-state index >= 15 is 0 Å². The van der Waals surface area contributed by atoms with Crippen LogP contribution in [0.25, 0.3) is 10.9 Å². The summed E-state index contributed by atoms with van der Waals surface area (Å²) in [4.78, 5) is 0. The van der Waals surface area contributed by atoms with Crippen molar-refractivity contribution in [1.82, 2.24) is 10.2 Å². The molecule has 62 valence electrons. The summed E-state index contributed by atoms with van der Waals surface area (Å²) in [6, 6.07) is 2.90. The fraction of sp³-hybridized carbons (Fsp3) is 0. The zero-order valence-corrected chi connectivity index (χ0v) is 7.52. The van der Waals surface area contributed by atoms with Gasteiger partial charge in [-0.1, -0.05) is 0 Å². The highest BCUT2D eigenvalue weighted by Crippen LogP contribution is 2.25. The zero-order valence-electron chi connectivity index (χ0n) is 5.94. The average Bonchev–Trinajstić information content (AvgIpc) is 2.33. The molecule has 0 aliphatic heterocycles. The van der Waals surface area contributed by atoms with E-state index in [-0.39, 0.29) is 0 Å². The largest absolute Gasteiger partial charge is 0.399 e. The van der Waals surface area contributed by atoms with E-state index in [1.165, 1.54) is 6.07 Å². The molecule has 2 aromatic rings. The van der Waals surface area contributed by atoms with Gasteiger partial charge in [0.2, 0.25) is 0 Å². The number of nitrogens with zero attached hydrogens (tertiary/aromatic N) is 1. The van der Waals surface area contributed by atoms with Crippen molar-refractivity contribution in [3.8, 4) is 0 Å². The molecule has 0 amide bonds. The Morgan fingerprint density at radius 1 is 1.50 bits per heavy atom. The SMILES string of the molecule is Nc1cc(F)c2n[nH]c(Br)c2c1. The predicted molar refractivity (Wildman–Crippen MR) is 48.2 cm³/mol. The van der Waals surface area contributed by atoms with Gasteiger partial charge in [-0.05, 0) is 28.1 Å². The predicted octanol–water partition coefficient (Wildman–Crippen LogP) is 2.05. The standard InChI is InChI=1S/C7H5BrFN3/c8-7-4-1-3(10)2-5(9)6(4)11-12-7/h1-2H,10H2,(H,11,12). The Morgan fingerprint density at radius 3 is 3.00 bits per heavy atom. The molecule has 0 aliphatic carbocycles. The van der Waals surface area contributed by atoms with Crippen LogP contribution in [0.4, 0.5) is 10.1 Å². The lowest BCUT2D eigenvalue weighted by atomic mass is 10.2. The van der Waals surface area contributed by atoms with Gasteiger partial charge in [0, 0.05) is 11.1 Å². The van der Waals surface area contributed by atoms with Crippen LogP contribution in [0, 0.1) is 5.82 Å². The molecule has 1 aromatic carbocycles. The Bertz CT molecular complexity index is 437. The van der Waals surface area contributed by atoms with Gasteiger partial charge in [-0.15, -0.1) is 0 Å². The summed E-state index contributed by atoms with van der Waals surface area (Å²) in [5, 5.41) is 7.03. The van der Waals surface area contributed by atoms with Crippen LogP contribution < -0.4 is 5.73 Å². The Balaban J connectivity index is 2.92. The van der Waals surface area contributed by atoms with Crippen molar-refractivity contribution in [2.24, 2.45) is 0 Å². The molecule has 0 saturated carbocycles. The zero-order chi connectivity index (χ0) is 8.72. The van der Waals surface area contributed by atoms with Gasteiger partial charge in [0.25, 0.3) is 0 Å². The topological polar surface area (TPSA) is 54.7 Å². The van der Waals surface area contributed by atoms with E-state index < -0.39 is 5.82 Å². The second-order valence-electron chi connectivity index (χ2n) is 2.44. The van der Waals surface area contributed by atoms with Gasteiger partial charge >= 0.3 is 0 Å². The van der Waals surface area contributed by atoms with Crippen LogP contribution in [0.2, 0.25) is 0 Å². The molecule has 0 bridgehead atoms. The van der Waals surface area contributed by atoms with Gasteiger partial charge in [-0.3, -0.25) is 5.10 Å². The van der Waals surface area contributed by atoms with Gasteiger partial charge in [-0.2, -0.15) is 5.10 Å². The quantitative estimate of drug-likeness (QED) is 0.680. The first-order valence-electron chi connectivity index (χ1n) is 3.27. The lowest BCUT2D eigenvalue weighted by Crippen LogP contribution is -1.86. The molecule has 0 atom stereocenters. The highest BCUT2D eigenvalue weighted by molar-refractivity contribution is 9.10. The van der Waals surface area contributed by atoms with Gasteiger partial charge < -0.3 is 5.73 Å². The smallest absolute Gasteiger partial charge is 0.153 e. The molecule has 3 nitrogen and oxygen atoms in total. The fourth-order valence-electron chi connectivity index (χ4n) is 1.07. The van der Waals surface area contributed by atoms with Crippen LogP contribution in [0.3, 0.4) is 0 Å². The molecule has 0 fully saturated rings. The number of anilines is 1. The summed E-state index contributed by atoms with van der Waals surface area (Å²) in [7, 11) is 0. The summed E-state index contributed by atoms with van der Waals surface area (Å²) >= 11 is 3.19. The maximum absolute atomic E-state index is 13.1. The number of aromatic nitrogens is 2. The number of hydrogen-bond acceptors (Lipinski definition) is 2. The third kappa shape index (κ3) is 0.972. The van der Waals surface area contributed by atoms with E-state index in [1.54, 1.807) is 6.07 Å². The van der Waals surface area contributed by atoms with Crippen molar-refractivity contribution in [2.75, 3.05) is 5.73 Å². The van der Waals surface area contributed by atoms with Crippen LogP contribution >= 0.6 is 15.9 Å². The molecule has 12 heavy (non-hydrogen) atoms. The van der Waals surface area contributed by atoms with Crippen LogP contribution in [-0.4, -0.2) is 10.2 Å². The number of nitrogen functional groups attached to an aromatic ring is 1. The first kappa shape index (κ1) is 7.54. The molecule has 0 spiro atoms. The Hall–Kier alpha value is -1.10. The Morgan fingerprint density at radius 2 is 2.25 bits per heavy atom. The minimum Gasteiger partial charge on any atom is -0.399 e. The van der Waals surface area contributed by atoms with Crippen LogP contribution in [0.15, 0.2) is 16.7 Å². The summed E-state index contributed by atoms with van der Waals surface area (Å²) < 4.78 is 13.7. The van der Waals surface area contributed by atoms with Gasteiger partial charge in [-0.25, -0.2) is 4.39 Å². The number of rotatable bonds is 0. The van der Waals surface area contributed by atoms with Crippen molar-refractivity contribution < 1.29 is 4.39 Å². The van der Waals surface area contributed by atoms with E-state index in [0.29, 0.717) is 21.2 Å². The molecule has 1 heterocycles. The van der Waals surface area contributed by atoms with Gasteiger partial charge in [0.15, 0.2) is 5.82 Å². The number of fused-ring (bicyclic) bond motifs is 1. The minimum absolute atomic E-state index is 0.302. The van der Waals surface area contributed by atoms with E-state index in [9.17, 15) is 4.39 Å². The number of benzene rings is 1. The molecule has 0 aliphatic rings. The first-order chi connectivity index (χ1) is 5.68. The van der Waals surface area contributed by atoms with E-state index in [4.69, 9.17) is 5.73 Å². The minimum atomic E-state index is -0.410. The van der Waals surface area contributed by atoms with Gasteiger partial charge in [0.05, 0.1) is 0 Å². The van der Waals surface area contributed by atoms with Crippen molar-refractivity contribution in [3.63, 3.8) is 0 Å². The lowest BCUT2D eigenvalue weighted by molar-refractivity contribution is 0.637. The summed E-state index contributed by atoms with van der Waals surface area (Å²) in [5.41, 5.74) is 6.14. The normalized spacial score (nSPS) is 10.8. The molecule has 5 heteroatoms. The molecule has 0 saturated heterocycles. The van der Waals surface area contributed by atoms with E-state index in [1.807, 2.05) is 0 Å². The summed E-state index contributed by atoms with van der Waals surface area (Å²) in [6.07, 6.45) is 0. The molecule has 0 radical (unpaired) electrons. The maximum Gasteiger partial charge on any atom is 0.153 e. The fourth-order valence-corrected chi connectivity index (χ4v) is 1.46. The number of aromatic amines is 1. The first-order valence-corrected chi connectivity index (χ1v) is 4.06. The summed E-state index contributed by atoms with van der Waals surface area (Å²) in [6.45, 7) is 0. The molecule has 2 rings (SSSR count). The highest BCUT2D eigenvalue weighted by Gasteiger charge is 2.07. The molecule has 0 unspecified atom stereocenters. The second kappa shape index (κ2) is 2.45. The molecule has 1 aromatic heterocycles. The Labute approximate surface area is 75.9 Å². The highest BCUT2D eigenvalue weighted by atomic mass is 79.9. The van der Waals surface area contributed by atoms with Gasteiger partial charge in [0.1, 0.15) is 10.1 Å². The maximum atomic E-state index is 13.1. The number of nitrogens with two attached hydrogens (primary N) is 1. The number of hydrogen-bond donors (Lipinski definition) is 2. The summed E-state index contributed by atoms with van der Waals surface area (Å²) in [5.74, 6) is -0.410. The number of H-pyrrole nitrogens is 1. The van der Waals surface area contributed by atoms with Crippen molar-refractivity contribution in [3.05, 3.63) is 22.6 Å². The van der Waals surface area contributed by atoms with Crippen LogP contribution in [-0.2, 0) is 0 Å². The molecular formula is C7H5BrFN3. The third-order valence-corrected chi connectivity index (χ3v) is 2.19. The van der Waals surface area contributed by atoms with Crippen LogP contribution in [0.5, 0.6) is 0 Å². The molecule has 3 N–H and O–H groups in total. The van der Waals surface area contributed by atoms with E-state index in [2.05, 4.69) is 26.1 Å². The number of halogens is 2. The third-order valence-electron chi connectivity index (χ3n) is 1.59. The van der Waals surface area contributed by atoms with Crippen molar-refractivity contribution >= 4 is 32.5 Å². The lowest BCUT2D eigenvalue weighted by Gasteiger charge is -1.93. The van der Waals surface area contributed by atoms with E-state index in [0.717, 1.165) is 0 Å². The van der Waals surface area contributed by atoms with Crippen molar-refractivity contribution in [2.45, 2.75) is 0 Å². The molecular weight excluding hydrogens is 225 g/mol. The Kier molecular flexibility index (Phi) is 1.54. The van der Waals surface area contributed by atoms with Crippen LogP contribution in [0.1, 0.15) is 0 Å². The second-order valence-corrected chi connectivity index (χ2v) is 3.23.